The highest BCUT2D eigenvalue weighted by Gasteiger charge is 2.02. The molecule has 0 heterocycles. The monoisotopic (exact) mass is 167 g/mol. The first-order valence-electron chi connectivity index (χ1n) is 3.66. The Balaban J connectivity index is 2.84. The van der Waals surface area contributed by atoms with Crippen molar-refractivity contribution in [1.82, 2.24) is 5.32 Å². The highest BCUT2D eigenvalue weighted by Crippen LogP contribution is 2.10. The first-order valence-corrected chi connectivity index (χ1v) is 3.66. The molecule has 0 bridgehead atoms. The number of carbonyl (C=O) groups excluding carboxylic acids is 1. The van der Waals surface area contributed by atoms with E-state index in [-0.39, 0.29) is 12.4 Å². The van der Waals surface area contributed by atoms with Crippen LogP contribution in [0.3, 0.4) is 0 Å². The first kappa shape index (κ1) is 8.71. The highest BCUT2D eigenvalue weighted by atomic mass is 19.1. The summed E-state index contributed by atoms with van der Waals surface area (Å²) in [5.74, 6) is -0.244. The molecule has 3 heteroatoms. The molecule has 0 radical (unpaired) electrons. The fraction of sp³-hybridized carbons (Fsp3) is 0.222. The predicted molar refractivity (Wildman–Crippen MR) is 44.0 cm³/mol. The summed E-state index contributed by atoms with van der Waals surface area (Å²) in [4.78, 5) is 9.94. The van der Waals surface area contributed by atoms with Gasteiger partial charge in [0.1, 0.15) is 5.82 Å². The minimum Gasteiger partial charge on any atom is -0.354 e. The van der Waals surface area contributed by atoms with Gasteiger partial charge in [-0.3, -0.25) is 4.79 Å². The molecule has 0 atom stereocenters. The van der Waals surface area contributed by atoms with Gasteiger partial charge in [-0.15, -0.1) is 0 Å². The Morgan fingerprint density at radius 1 is 1.58 bits per heavy atom. The number of benzene rings is 1. The van der Waals surface area contributed by atoms with Crippen LogP contribution in [0, 0.1) is 12.7 Å². The number of amides is 1. The Labute approximate surface area is 70.4 Å². The number of hydrogen-bond donors (Lipinski definition) is 1. The summed E-state index contributed by atoms with van der Waals surface area (Å²) in [5, 5.41) is 2.41. The third-order valence-electron chi connectivity index (χ3n) is 1.65. The summed E-state index contributed by atoms with van der Waals surface area (Å²) in [7, 11) is 0. The van der Waals surface area contributed by atoms with Gasteiger partial charge < -0.3 is 5.32 Å². The van der Waals surface area contributed by atoms with E-state index in [2.05, 4.69) is 5.32 Å². The van der Waals surface area contributed by atoms with Crippen LogP contribution in [-0.2, 0) is 11.3 Å². The van der Waals surface area contributed by atoms with E-state index in [4.69, 9.17) is 0 Å². The topological polar surface area (TPSA) is 29.1 Å². The van der Waals surface area contributed by atoms with E-state index < -0.39 is 0 Å². The molecule has 1 rings (SSSR count). The molecule has 1 aromatic rings. The molecular formula is C9H10FNO. The van der Waals surface area contributed by atoms with Crippen molar-refractivity contribution in [3.05, 3.63) is 35.1 Å². The maximum Gasteiger partial charge on any atom is 0.207 e. The lowest BCUT2D eigenvalue weighted by Gasteiger charge is -2.03. The van der Waals surface area contributed by atoms with Crippen LogP contribution in [0.1, 0.15) is 11.1 Å². The Bertz CT molecular complexity index is 286. The van der Waals surface area contributed by atoms with Gasteiger partial charge in [0.2, 0.25) is 6.41 Å². The van der Waals surface area contributed by atoms with Gasteiger partial charge in [0.25, 0.3) is 0 Å². The van der Waals surface area contributed by atoms with Gasteiger partial charge in [-0.25, -0.2) is 4.39 Å². The van der Waals surface area contributed by atoms with Crippen LogP contribution in [0.5, 0.6) is 0 Å². The van der Waals surface area contributed by atoms with Crippen molar-refractivity contribution >= 4 is 6.41 Å². The molecule has 12 heavy (non-hydrogen) atoms. The average Bonchev–Trinajstić information content (AvgIpc) is 2.08. The van der Waals surface area contributed by atoms with Crippen LogP contribution < -0.4 is 5.32 Å². The summed E-state index contributed by atoms with van der Waals surface area (Å²) in [6, 6.07) is 5.11. The van der Waals surface area contributed by atoms with Crippen molar-refractivity contribution < 1.29 is 9.18 Å². The molecule has 0 spiro atoms. The number of rotatable bonds is 3. The summed E-state index contributed by atoms with van der Waals surface area (Å²) in [6.07, 6.45) is 0.557. The van der Waals surface area contributed by atoms with E-state index >= 15 is 0 Å². The summed E-state index contributed by atoms with van der Waals surface area (Å²) < 4.78 is 13.2. The van der Waals surface area contributed by atoms with Crippen LogP contribution in [0.15, 0.2) is 18.2 Å². The molecule has 0 aliphatic carbocycles. The van der Waals surface area contributed by atoms with Gasteiger partial charge in [-0.2, -0.15) is 0 Å². The standard InChI is InChI=1S/C9H10FNO/c1-7-3-2-4-8(9(7)10)5-11-6-12/h2-4,6H,5H2,1H3,(H,11,12). The smallest absolute Gasteiger partial charge is 0.207 e. The molecule has 64 valence electrons. The summed E-state index contributed by atoms with van der Waals surface area (Å²) in [5.41, 5.74) is 1.11. The molecule has 0 saturated carbocycles. The molecule has 0 fully saturated rings. The average molecular weight is 167 g/mol. The Kier molecular flexibility index (Phi) is 2.80. The maximum absolute atomic E-state index is 13.2. The van der Waals surface area contributed by atoms with Gasteiger partial charge >= 0.3 is 0 Å². The number of nitrogens with one attached hydrogen (secondary N) is 1. The van der Waals surface area contributed by atoms with Crippen molar-refractivity contribution in [1.29, 1.82) is 0 Å². The van der Waals surface area contributed by atoms with Crippen LogP contribution >= 0.6 is 0 Å². The van der Waals surface area contributed by atoms with Crippen LogP contribution in [0.2, 0.25) is 0 Å². The van der Waals surface area contributed by atoms with Crippen LogP contribution in [-0.4, -0.2) is 6.41 Å². The van der Waals surface area contributed by atoms with Crippen molar-refractivity contribution in [3.63, 3.8) is 0 Å². The van der Waals surface area contributed by atoms with E-state index in [1.165, 1.54) is 0 Å². The zero-order valence-electron chi connectivity index (χ0n) is 6.80. The van der Waals surface area contributed by atoms with Gasteiger partial charge in [0.05, 0.1) is 0 Å². The first-order chi connectivity index (χ1) is 5.75. The Morgan fingerprint density at radius 3 is 3.00 bits per heavy atom. The van der Waals surface area contributed by atoms with Crippen molar-refractivity contribution in [3.8, 4) is 0 Å². The molecule has 1 N–H and O–H groups in total. The molecule has 1 amide bonds. The van der Waals surface area contributed by atoms with Gasteiger partial charge in [-0.1, -0.05) is 18.2 Å². The van der Waals surface area contributed by atoms with E-state index in [0.717, 1.165) is 0 Å². The van der Waals surface area contributed by atoms with Crippen LogP contribution in [0.25, 0.3) is 0 Å². The summed E-state index contributed by atoms with van der Waals surface area (Å²) >= 11 is 0. The zero-order valence-corrected chi connectivity index (χ0v) is 6.80. The second-order valence-electron chi connectivity index (χ2n) is 2.55. The number of aryl methyl sites for hydroxylation is 1. The number of hydrogen-bond acceptors (Lipinski definition) is 1. The highest BCUT2D eigenvalue weighted by molar-refractivity contribution is 5.46. The van der Waals surface area contributed by atoms with Crippen molar-refractivity contribution in [2.45, 2.75) is 13.5 Å². The zero-order chi connectivity index (χ0) is 8.97. The molecule has 2 nitrogen and oxygen atoms in total. The van der Waals surface area contributed by atoms with E-state index in [1.807, 2.05) is 0 Å². The molecular weight excluding hydrogens is 157 g/mol. The predicted octanol–water partition coefficient (Wildman–Crippen LogP) is 1.38. The van der Waals surface area contributed by atoms with E-state index in [9.17, 15) is 9.18 Å². The Hall–Kier alpha value is -1.38. The molecule has 0 aromatic heterocycles. The lowest BCUT2D eigenvalue weighted by Crippen LogP contribution is -2.11. The quantitative estimate of drug-likeness (QED) is 0.677. The van der Waals surface area contributed by atoms with Gasteiger partial charge in [0, 0.05) is 12.1 Å². The van der Waals surface area contributed by atoms with Gasteiger partial charge in [-0.05, 0) is 12.5 Å². The van der Waals surface area contributed by atoms with Gasteiger partial charge in [0.15, 0.2) is 0 Å². The number of halogens is 1. The normalized spacial score (nSPS) is 9.50. The second-order valence-corrected chi connectivity index (χ2v) is 2.55. The Morgan fingerprint density at radius 2 is 2.33 bits per heavy atom. The molecule has 0 aliphatic rings. The largest absolute Gasteiger partial charge is 0.354 e. The third-order valence-corrected chi connectivity index (χ3v) is 1.65. The summed E-state index contributed by atoms with van der Waals surface area (Å²) in [6.45, 7) is 1.94. The van der Waals surface area contributed by atoms with E-state index in [0.29, 0.717) is 17.5 Å². The molecule has 0 unspecified atom stereocenters. The van der Waals surface area contributed by atoms with Crippen molar-refractivity contribution in [2.24, 2.45) is 0 Å². The fourth-order valence-electron chi connectivity index (χ4n) is 0.996. The SMILES string of the molecule is Cc1cccc(CNC=O)c1F. The fourth-order valence-corrected chi connectivity index (χ4v) is 0.996. The minimum absolute atomic E-state index is 0.244. The molecule has 0 aliphatic heterocycles. The maximum atomic E-state index is 13.2. The lowest BCUT2D eigenvalue weighted by molar-refractivity contribution is -0.109. The van der Waals surface area contributed by atoms with E-state index in [1.54, 1.807) is 25.1 Å². The van der Waals surface area contributed by atoms with Crippen molar-refractivity contribution in [2.75, 3.05) is 0 Å². The minimum atomic E-state index is -0.244. The second kappa shape index (κ2) is 3.85. The molecule has 0 saturated heterocycles. The molecule has 1 aromatic carbocycles. The third kappa shape index (κ3) is 1.81. The number of carbonyl (C=O) groups is 1. The lowest BCUT2D eigenvalue weighted by atomic mass is 10.1. The van der Waals surface area contributed by atoms with Crippen LogP contribution in [0.4, 0.5) is 4.39 Å².